The molecule has 3 aromatic rings. The zero-order valence-electron chi connectivity index (χ0n) is 12.6. The van der Waals surface area contributed by atoms with Gasteiger partial charge in [0.05, 0.1) is 6.10 Å². The van der Waals surface area contributed by atoms with Crippen molar-refractivity contribution in [1.29, 1.82) is 0 Å². The summed E-state index contributed by atoms with van der Waals surface area (Å²) in [6, 6.07) is 9.03. The second-order valence-corrected chi connectivity index (χ2v) is 5.95. The molecule has 0 aliphatic rings. The van der Waals surface area contributed by atoms with Gasteiger partial charge in [-0.25, -0.2) is 4.98 Å². The third-order valence-electron chi connectivity index (χ3n) is 2.91. The maximum atomic E-state index is 12.0. The highest BCUT2D eigenvalue weighted by atomic mass is 32.1. The molecule has 1 aromatic carbocycles. The summed E-state index contributed by atoms with van der Waals surface area (Å²) in [7, 11) is 0. The number of hydrogen-bond acceptors (Lipinski definition) is 6. The molecule has 0 fully saturated rings. The Morgan fingerprint density at radius 1 is 1.30 bits per heavy atom. The Hall–Kier alpha value is -2.67. The number of anilines is 1. The molecule has 0 atom stereocenters. The molecule has 0 radical (unpaired) electrons. The molecule has 0 saturated heterocycles. The van der Waals surface area contributed by atoms with Crippen molar-refractivity contribution in [2.45, 2.75) is 20.0 Å². The molecular formula is C16H15N3O3S. The number of nitrogens with zero attached hydrogens (tertiary/aromatic N) is 2. The van der Waals surface area contributed by atoms with Crippen LogP contribution in [0, 0.1) is 0 Å². The average Bonchev–Trinajstić information content (AvgIpc) is 3.18. The van der Waals surface area contributed by atoms with Crippen LogP contribution in [0.3, 0.4) is 0 Å². The molecule has 0 saturated carbocycles. The van der Waals surface area contributed by atoms with Gasteiger partial charge in [0.1, 0.15) is 5.75 Å². The molecule has 0 bridgehead atoms. The Labute approximate surface area is 137 Å². The van der Waals surface area contributed by atoms with Crippen LogP contribution in [0.5, 0.6) is 5.75 Å². The van der Waals surface area contributed by atoms with Crippen LogP contribution in [0.1, 0.15) is 24.3 Å². The lowest BCUT2D eigenvalue weighted by Crippen LogP contribution is -2.11. The lowest BCUT2D eigenvalue weighted by molar-refractivity contribution is 0.101. The molecule has 2 aromatic heterocycles. The molecule has 3 rings (SSSR count). The number of hydrogen-bond donors (Lipinski definition) is 1. The fourth-order valence-electron chi connectivity index (χ4n) is 1.93. The second-order valence-electron chi connectivity index (χ2n) is 5.06. The summed E-state index contributed by atoms with van der Waals surface area (Å²) in [4.78, 5) is 16.0. The number of carbonyl (C=O) groups excluding carboxylic acids is 1. The predicted molar refractivity (Wildman–Crippen MR) is 87.8 cm³/mol. The van der Waals surface area contributed by atoms with Crippen LogP contribution in [0.25, 0.3) is 11.3 Å². The number of thiazole rings is 1. The molecule has 1 amide bonds. The molecule has 23 heavy (non-hydrogen) atoms. The molecule has 6 nitrogen and oxygen atoms in total. The minimum Gasteiger partial charge on any atom is -0.491 e. The summed E-state index contributed by atoms with van der Waals surface area (Å²) in [5.41, 5.74) is 1.03. The molecule has 118 valence electrons. The van der Waals surface area contributed by atoms with Gasteiger partial charge in [0.2, 0.25) is 0 Å². The van der Waals surface area contributed by atoms with Gasteiger partial charge in [-0.15, -0.1) is 11.3 Å². The zero-order chi connectivity index (χ0) is 16.2. The second kappa shape index (κ2) is 6.62. The molecule has 2 heterocycles. The van der Waals surface area contributed by atoms with E-state index in [1.165, 1.54) is 11.3 Å². The van der Waals surface area contributed by atoms with E-state index in [-0.39, 0.29) is 17.7 Å². The van der Waals surface area contributed by atoms with Crippen molar-refractivity contribution in [3.05, 3.63) is 47.6 Å². The topological polar surface area (TPSA) is 77.2 Å². The quantitative estimate of drug-likeness (QED) is 0.769. The van der Waals surface area contributed by atoms with E-state index >= 15 is 0 Å². The number of ether oxygens (including phenoxy) is 1. The van der Waals surface area contributed by atoms with Crippen LogP contribution in [0.15, 0.2) is 46.4 Å². The maximum absolute atomic E-state index is 12.0. The van der Waals surface area contributed by atoms with Gasteiger partial charge in [0.25, 0.3) is 5.91 Å². The lowest BCUT2D eigenvalue weighted by atomic mass is 10.1. The van der Waals surface area contributed by atoms with Crippen LogP contribution in [-0.2, 0) is 0 Å². The fourth-order valence-corrected chi connectivity index (χ4v) is 2.46. The minimum atomic E-state index is -0.352. The van der Waals surface area contributed by atoms with Gasteiger partial charge in [-0.2, -0.15) is 0 Å². The van der Waals surface area contributed by atoms with E-state index in [1.54, 1.807) is 17.6 Å². The molecule has 1 N–H and O–H groups in total. The Morgan fingerprint density at radius 3 is 2.74 bits per heavy atom. The smallest absolute Gasteiger partial charge is 0.279 e. The minimum absolute atomic E-state index is 0.118. The largest absolute Gasteiger partial charge is 0.491 e. The van der Waals surface area contributed by atoms with Crippen LogP contribution < -0.4 is 10.1 Å². The van der Waals surface area contributed by atoms with Crippen molar-refractivity contribution in [2.24, 2.45) is 0 Å². The van der Waals surface area contributed by atoms with Crippen molar-refractivity contribution >= 4 is 22.4 Å². The highest BCUT2D eigenvalue weighted by Crippen LogP contribution is 2.24. The lowest BCUT2D eigenvalue weighted by Gasteiger charge is -2.09. The third-order valence-corrected chi connectivity index (χ3v) is 3.59. The molecule has 0 aliphatic carbocycles. The van der Waals surface area contributed by atoms with Crippen LogP contribution in [-0.4, -0.2) is 22.2 Å². The summed E-state index contributed by atoms with van der Waals surface area (Å²) in [5, 5.41) is 8.77. The average molecular weight is 329 g/mol. The normalized spacial score (nSPS) is 10.7. The fraction of sp³-hybridized carbons (Fsp3) is 0.188. The van der Waals surface area contributed by atoms with Crippen molar-refractivity contribution in [3.63, 3.8) is 0 Å². The monoisotopic (exact) mass is 329 g/mol. The first kappa shape index (κ1) is 15.2. The van der Waals surface area contributed by atoms with Gasteiger partial charge in [-0.3, -0.25) is 10.1 Å². The van der Waals surface area contributed by atoms with E-state index in [4.69, 9.17) is 9.26 Å². The standard InChI is InChI=1S/C16H15N3O3S/c1-10(2)21-12-5-3-11(4-6-12)14-9-13(19-22-14)15(20)18-16-17-7-8-23-16/h3-10H,1-2H3,(H,17,18,20). The predicted octanol–water partition coefficient (Wildman–Crippen LogP) is 3.84. The van der Waals surface area contributed by atoms with Crippen molar-refractivity contribution in [1.82, 2.24) is 10.1 Å². The summed E-state index contributed by atoms with van der Waals surface area (Å²) >= 11 is 1.34. The SMILES string of the molecule is CC(C)Oc1ccc(-c2cc(C(=O)Nc3nccs3)no2)cc1. The van der Waals surface area contributed by atoms with Gasteiger partial charge in [0, 0.05) is 23.2 Å². The summed E-state index contributed by atoms with van der Waals surface area (Å²) < 4.78 is 10.8. The Bertz CT molecular complexity index is 779. The van der Waals surface area contributed by atoms with Gasteiger partial charge in [-0.05, 0) is 38.1 Å². The highest BCUT2D eigenvalue weighted by Gasteiger charge is 2.14. The van der Waals surface area contributed by atoms with E-state index in [2.05, 4.69) is 15.5 Å². The van der Waals surface area contributed by atoms with Crippen molar-refractivity contribution < 1.29 is 14.1 Å². The van der Waals surface area contributed by atoms with E-state index in [1.807, 2.05) is 38.1 Å². The molecular weight excluding hydrogens is 314 g/mol. The van der Waals surface area contributed by atoms with Gasteiger partial charge < -0.3 is 9.26 Å². The summed E-state index contributed by atoms with van der Waals surface area (Å²) in [6.45, 7) is 3.94. The highest BCUT2D eigenvalue weighted by molar-refractivity contribution is 7.13. The van der Waals surface area contributed by atoms with Gasteiger partial charge in [0.15, 0.2) is 16.6 Å². The number of rotatable bonds is 5. The third kappa shape index (κ3) is 3.75. The first-order valence-electron chi connectivity index (χ1n) is 7.06. The number of aromatic nitrogens is 2. The molecule has 0 unspecified atom stereocenters. The van der Waals surface area contributed by atoms with E-state index in [0.29, 0.717) is 10.9 Å². The first-order valence-corrected chi connectivity index (χ1v) is 7.94. The van der Waals surface area contributed by atoms with E-state index in [0.717, 1.165) is 11.3 Å². The Kier molecular flexibility index (Phi) is 4.38. The number of nitrogens with one attached hydrogen (secondary N) is 1. The van der Waals surface area contributed by atoms with Crippen LogP contribution >= 0.6 is 11.3 Å². The van der Waals surface area contributed by atoms with Gasteiger partial charge in [-0.1, -0.05) is 5.16 Å². The van der Waals surface area contributed by atoms with Gasteiger partial charge >= 0.3 is 0 Å². The molecule has 0 aliphatic heterocycles. The van der Waals surface area contributed by atoms with Crippen LogP contribution in [0.2, 0.25) is 0 Å². The molecule has 7 heteroatoms. The first-order chi connectivity index (χ1) is 11.1. The summed E-state index contributed by atoms with van der Waals surface area (Å²) in [6.07, 6.45) is 1.74. The molecule has 0 spiro atoms. The van der Waals surface area contributed by atoms with E-state index < -0.39 is 0 Å². The zero-order valence-corrected chi connectivity index (χ0v) is 13.5. The Morgan fingerprint density at radius 2 is 2.09 bits per heavy atom. The van der Waals surface area contributed by atoms with E-state index in [9.17, 15) is 4.79 Å². The number of amides is 1. The number of benzene rings is 1. The maximum Gasteiger partial charge on any atom is 0.279 e. The Balaban J connectivity index is 1.72. The number of carbonyl (C=O) groups is 1. The van der Waals surface area contributed by atoms with Crippen LogP contribution in [0.4, 0.5) is 5.13 Å². The summed E-state index contributed by atoms with van der Waals surface area (Å²) in [5.74, 6) is 0.949. The van der Waals surface area contributed by atoms with Crippen molar-refractivity contribution in [2.75, 3.05) is 5.32 Å². The van der Waals surface area contributed by atoms with Crippen molar-refractivity contribution in [3.8, 4) is 17.1 Å².